The Balaban J connectivity index is 2.16. The van der Waals surface area contributed by atoms with E-state index in [2.05, 4.69) is 24.1 Å². The number of anilines is 1. The van der Waals surface area contributed by atoms with Crippen LogP contribution in [0.2, 0.25) is 0 Å². The number of rotatable bonds is 7. The molecule has 0 saturated carbocycles. The summed E-state index contributed by atoms with van der Waals surface area (Å²) in [6.45, 7) is 2.96. The number of likely N-dealkylation sites (N-methyl/N-ethyl adjacent to an activating group) is 1. The van der Waals surface area contributed by atoms with Crippen LogP contribution in [0.4, 0.5) is 5.69 Å². The monoisotopic (exact) mass is 209 g/mol. The molecule has 0 amide bonds. The Bertz CT molecular complexity index is 251. The van der Waals surface area contributed by atoms with Crippen molar-refractivity contribution < 1.29 is 9.47 Å². The zero-order valence-corrected chi connectivity index (χ0v) is 9.48. The summed E-state index contributed by atoms with van der Waals surface area (Å²) in [6, 6.07) is 10.3. The van der Waals surface area contributed by atoms with Crippen LogP contribution in [0, 0.1) is 0 Å². The minimum Gasteiger partial charge on any atom is -0.382 e. The predicted molar refractivity (Wildman–Crippen MR) is 62.4 cm³/mol. The normalized spacial score (nSPS) is 10.3. The molecule has 1 aromatic carbocycles. The standard InChI is InChI=1S/C12H19NO2/c1-13(8-9-15-11-10-14-2)12-6-4-3-5-7-12/h3-7H,8-11H2,1-2H3. The van der Waals surface area contributed by atoms with Crippen LogP contribution in [0.1, 0.15) is 0 Å². The van der Waals surface area contributed by atoms with Crippen molar-refractivity contribution in [1.82, 2.24) is 0 Å². The molecule has 0 spiro atoms. The van der Waals surface area contributed by atoms with Gasteiger partial charge in [-0.3, -0.25) is 0 Å². The van der Waals surface area contributed by atoms with Crippen molar-refractivity contribution in [2.45, 2.75) is 0 Å². The maximum absolute atomic E-state index is 5.40. The van der Waals surface area contributed by atoms with E-state index in [4.69, 9.17) is 9.47 Å². The maximum atomic E-state index is 5.40. The molecule has 0 aliphatic carbocycles. The van der Waals surface area contributed by atoms with Crippen LogP contribution < -0.4 is 4.90 Å². The van der Waals surface area contributed by atoms with Crippen molar-refractivity contribution in [2.75, 3.05) is 45.4 Å². The van der Waals surface area contributed by atoms with E-state index < -0.39 is 0 Å². The summed E-state index contributed by atoms with van der Waals surface area (Å²) in [5.41, 5.74) is 1.22. The van der Waals surface area contributed by atoms with E-state index in [0.717, 1.165) is 13.2 Å². The Kier molecular flexibility index (Phi) is 5.81. The van der Waals surface area contributed by atoms with E-state index in [0.29, 0.717) is 13.2 Å². The van der Waals surface area contributed by atoms with Gasteiger partial charge in [0, 0.05) is 26.4 Å². The maximum Gasteiger partial charge on any atom is 0.0701 e. The number of ether oxygens (including phenoxy) is 2. The molecule has 0 aliphatic rings. The lowest BCUT2D eigenvalue weighted by Gasteiger charge is -2.18. The third-order valence-electron chi connectivity index (χ3n) is 2.20. The van der Waals surface area contributed by atoms with Crippen molar-refractivity contribution in [3.05, 3.63) is 30.3 Å². The average Bonchev–Trinajstić information content (AvgIpc) is 2.30. The fourth-order valence-electron chi connectivity index (χ4n) is 1.26. The third kappa shape index (κ3) is 4.81. The first kappa shape index (κ1) is 12.0. The molecule has 0 fully saturated rings. The van der Waals surface area contributed by atoms with E-state index >= 15 is 0 Å². The lowest BCUT2D eigenvalue weighted by atomic mass is 10.3. The molecular formula is C12H19NO2. The molecule has 0 atom stereocenters. The number of benzene rings is 1. The first-order valence-electron chi connectivity index (χ1n) is 5.17. The SMILES string of the molecule is COCCOCCN(C)c1ccccc1. The van der Waals surface area contributed by atoms with Crippen LogP contribution in [-0.4, -0.2) is 40.5 Å². The van der Waals surface area contributed by atoms with E-state index in [-0.39, 0.29) is 0 Å². The van der Waals surface area contributed by atoms with E-state index in [1.807, 2.05) is 18.2 Å². The second kappa shape index (κ2) is 7.26. The second-order valence-electron chi connectivity index (χ2n) is 3.36. The van der Waals surface area contributed by atoms with Gasteiger partial charge in [-0.25, -0.2) is 0 Å². The molecule has 0 heterocycles. The van der Waals surface area contributed by atoms with Gasteiger partial charge in [0.1, 0.15) is 0 Å². The molecule has 0 aliphatic heterocycles. The van der Waals surface area contributed by atoms with E-state index in [1.54, 1.807) is 7.11 Å². The fraction of sp³-hybridized carbons (Fsp3) is 0.500. The molecule has 15 heavy (non-hydrogen) atoms. The summed E-state index contributed by atoms with van der Waals surface area (Å²) in [4.78, 5) is 2.17. The van der Waals surface area contributed by atoms with Gasteiger partial charge in [0.25, 0.3) is 0 Å². The number of para-hydroxylation sites is 1. The summed E-state index contributed by atoms with van der Waals surface area (Å²) in [6.07, 6.45) is 0. The molecule has 0 unspecified atom stereocenters. The zero-order chi connectivity index (χ0) is 10.9. The predicted octanol–water partition coefficient (Wildman–Crippen LogP) is 1.79. The fourth-order valence-corrected chi connectivity index (χ4v) is 1.26. The van der Waals surface area contributed by atoms with Crippen LogP contribution in [0.5, 0.6) is 0 Å². The van der Waals surface area contributed by atoms with Gasteiger partial charge in [-0.2, -0.15) is 0 Å². The summed E-state index contributed by atoms with van der Waals surface area (Å²) >= 11 is 0. The number of hydrogen-bond acceptors (Lipinski definition) is 3. The summed E-state index contributed by atoms with van der Waals surface area (Å²) in [5.74, 6) is 0. The molecule has 3 nitrogen and oxygen atoms in total. The average molecular weight is 209 g/mol. The van der Waals surface area contributed by atoms with E-state index in [1.165, 1.54) is 5.69 Å². The zero-order valence-electron chi connectivity index (χ0n) is 9.48. The highest BCUT2D eigenvalue weighted by Crippen LogP contribution is 2.09. The molecule has 3 heteroatoms. The second-order valence-corrected chi connectivity index (χ2v) is 3.36. The molecular weight excluding hydrogens is 190 g/mol. The first-order valence-corrected chi connectivity index (χ1v) is 5.17. The molecule has 0 saturated heterocycles. The number of methoxy groups -OCH3 is 1. The van der Waals surface area contributed by atoms with Gasteiger partial charge in [-0.15, -0.1) is 0 Å². The first-order chi connectivity index (χ1) is 7.34. The molecule has 1 rings (SSSR count). The Labute approximate surface area is 91.6 Å². The van der Waals surface area contributed by atoms with Crippen molar-refractivity contribution in [3.63, 3.8) is 0 Å². The quantitative estimate of drug-likeness (QED) is 0.639. The van der Waals surface area contributed by atoms with E-state index in [9.17, 15) is 0 Å². The Morgan fingerprint density at radius 3 is 2.47 bits per heavy atom. The Hall–Kier alpha value is -1.06. The van der Waals surface area contributed by atoms with Gasteiger partial charge in [0.2, 0.25) is 0 Å². The molecule has 0 N–H and O–H groups in total. The lowest BCUT2D eigenvalue weighted by Crippen LogP contribution is -2.23. The van der Waals surface area contributed by atoms with Crippen molar-refractivity contribution in [3.8, 4) is 0 Å². The van der Waals surface area contributed by atoms with Gasteiger partial charge in [0.05, 0.1) is 19.8 Å². The summed E-state index contributed by atoms with van der Waals surface area (Å²) < 4.78 is 10.3. The lowest BCUT2D eigenvalue weighted by molar-refractivity contribution is 0.0744. The molecule has 1 aromatic rings. The van der Waals surface area contributed by atoms with Gasteiger partial charge in [-0.1, -0.05) is 18.2 Å². The van der Waals surface area contributed by atoms with Crippen LogP contribution >= 0.6 is 0 Å². The van der Waals surface area contributed by atoms with Crippen LogP contribution in [0.25, 0.3) is 0 Å². The summed E-state index contributed by atoms with van der Waals surface area (Å²) in [5, 5.41) is 0. The van der Waals surface area contributed by atoms with Gasteiger partial charge in [0.15, 0.2) is 0 Å². The van der Waals surface area contributed by atoms with Crippen LogP contribution in [-0.2, 0) is 9.47 Å². The summed E-state index contributed by atoms with van der Waals surface area (Å²) in [7, 11) is 3.74. The molecule has 84 valence electrons. The van der Waals surface area contributed by atoms with Crippen molar-refractivity contribution >= 4 is 5.69 Å². The largest absolute Gasteiger partial charge is 0.382 e. The highest BCUT2D eigenvalue weighted by atomic mass is 16.5. The Morgan fingerprint density at radius 1 is 1.07 bits per heavy atom. The van der Waals surface area contributed by atoms with Crippen molar-refractivity contribution in [1.29, 1.82) is 0 Å². The smallest absolute Gasteiger partial charge is 0.0701 e. The molecule has 0 radical (unpaired) electrons. The topological polar surface area (TPSA) is 21.7 Å². The van der Waals surface area contributed by atoms with Crippen LogP contribution in [0.15, 0.2) is 30.3 Å². The Morgan fingerprint density at radius 2 is 1.80 bits per heavy atom. The van der Waals surface area contributed by atoms with Crippen LogP contribution in [0.3, 0.4) is 0 Å². The van der Waals surface area contributed by atoms with Crippen molar-refractivity contribution in [2.24, 2.45) is 0 Å². The number of hydrogen-bond donors (Lipinski definition) is 0. The highest BCUT2D eigenvalue weighted by molar-refractivity contribution is 5.44. The molecule has 0 bridgehead atoms. The minimum absolute atomic E-state index is 0.662. The van der Waals surface area contributed by atoms with Gasteiger partial charge >= 0.3 is 0 Å². The number of nitrogens with zero attached hydrogens (tertiary/aromatic N) is 1. The third-order valence-corrected chi connectivity index (χ3v) is 2.20. The van der Waals surface area contributed by atoms with Gasteiger partial charge in [-0.05, 0) is 12.1 Å². The molecule has 0 aromatic heterocycles. The minimum atomic E-state index is 0.662. The highest BCUT2D eigenvalue weighted by Gasteiger charge is 1.98. The van der Waals surface area contributed by atoms with Gasteiger partial charge < -0.3 is 14.4 Å².